The summed E-state index contributed by atoms with van der Waals surface area (Å²) in [6.07, 6.45) is 0.569. The van der Waals surface area contributed by atoms with Gasteiger partial charge in [-0.15, -0.1) is 0 Å². The number of Topliss-reactive ketones (excluding diaryl/α,β-unsaturated/α-hetero) is 1. The fourth-order valence-electron chi connectivity index (χ4n) is 1.51. The summed E-state index contributed by atoms with van der Waals surface area (Å²) >= 11 is 0. The van der Waals surface area contributed by atoms with Gasteiger partial charge in [-0.2, -0.15) is 0 Å². The molecule has 6 heteroatoms. The van der Waals surface area contributed by atoms with Gasteiger partial charge in [0.25, 0.3) is 0 Å². The van der Waals surface area contributed by atoms with Crippen LogP contribution in [0.3, 0.4) is 0 Å². The lowest BCUT2D eigenvalue weighted by molar-refractivity contribution is -0.144. The summed E-state index contributed by atoms with van der Waals surface area (Å²) in [6.45, 7) is 3.54. The number of benzene rings is 1. The zero-order valence-electron chi connectivity index (χ0n) is 11.6. The lowest BCUT2D eigenvalue weighted by Crippen LogP contribution is -2.16. The molecule has 1 rings (SSSR count). The molecule has 1 aromatic carbocycles. The topological polar surface area (TPSA) is 92.1 Å². The van der Waals surface area contributed by atoms with Crippen LogP contribution in [0.25, 0.3) is 10.4 Å². The van der Waals surface area contributed by atoms with Crippen LogP contribution in [0.15, 0.2) is 29.4 Å². The minimum absolute atomic E-state index is 0.132. The van der Waals surface area contributed by atoms with Gasteiger partial charge in [0.05, 0.1) is 6.04 Å². The van der Waals surface area contributed by atoms with E-state index in [9.17, 15) is 9.59 Å². The summed E-state index contributed by atoms with van der Waals surface area (Å²) in [4.78, 5) is 25.4. The van der Waals surface area contributed by atoms with Crippen LogP contribution >= 0.6 is 0 Å². The Morgan fingerprint density at radius 1 is 1.30 bits per heavy atom. The fraction of sp³-hybridized carbons (Fsp3) is 0.429. The van der Waals surface area contributed by atoms with Gasteiger partial charge < -0.3 is 4.74 Å². The van der Waals surface area contributed by atoms with Crippen molar-refractivity contribution in [3.05, 3.63) is 45.8 Å². The molecule has 0 aromatic heterocycles. The highest BCUT2D eigenvalue weighted by Gasteiger charge is 2.11. The molecule has 20 heavy (non-hydrogen) atoms. The zero-order valence-corrected chi connectivity index (χ0v) is 11.6. The van der Waals surface area contributed by atoms with Crippen molar-refractivity contribution in [2.45, 2.75) is 39.3 Å². The highest BCUT2D eigenvalue weighted by atomic mass is 16.5. The first-order valence-electron chi connectivity index (χ1n) is 6.37. The van der Waals surface area contributed by atoms with Crippen LogP contribution in [-0.2, 0) is 27.4 Å². The number of nitrogens with zero attached hydrogens (tertiary/aromatic N) is 3. The van der Waals surface area contributed by atoms with E-state index in [1.54, 1.807) is 26.0 Å². The molecule has 0 saturated carbocycles. The van der Waals surface area contributed by atoms with Crippen molar-refractivity contribution in [3.63, 3.8) is 0 Å². The number of esters is 1. The van der Waals surface area contributed by atoms with Crippen molar-refractivity contribution in [1.29, 1.82) is 0 Å². The highest BCUT2D eigenvalue weighted by Crippen LogP contribution is 2.09. The number of ketones is 1. The van der Waals surface area contributed by atoms with Gasteiger partial charge in [-0.1, -0.05) is 36.3 Å². The third kappa shape index (κ3) is 5.12. The number of rotatable bonds is 7. The van der Waals surface area contributed by atoms with Gasteiger partial charge in [0.15, 0.2) is 0 Å². The quantitative estimate of drug-likeness (QED) is 0.331. The van der Waals surface area contributed by atoms with Crippen molar-refractivity contribution in [1.82, 2.24) is 0 Å². The molecular formula is C14H17N3O3. The molecule has 0 fully saturated rings. The number of ether oxygens (including phenoxy) is 1. The van der Waals surface area contributed by atoms with Crippen LogP contribution in [0.5, 0.6) is 0 Å². The smallest absolute Gasteiger partial charge is 0.305 e. The standard InChI is InChI=1S/C14H17N3O3/c1-3-14(19)20-9-12-6-4-11(5-7-12)8-13(18)10(2)16-17-15/h4-7,10H,3,8-9H2,1-2H3/t10-/m0/s1. The predicted molar refractivity (Wildman–Crippen MR) is 73.8 cm³/mol. The van der Waals surface area contributed by atoms with Gasteiger partial charge >= 0.3 is 5.97 Å². The maximum Gasteiger partial charge on any atom is 0.305 e. The number of hydrogen-bond acceptors (Lipinski definition) is 4. The maximum absolute atomic E-state index is 11.7. The van der Waals surface area contributed by atoms with Crippen molar-refractivity contribution >= 4 is 11.8 Å². The Kier molecular flexibility index (Phi) is 6.26. The molecule has 1 atom stereocenters. The summed E-state index contributed by atoms with van der Waals surface area (Å²) in [7, 11) is 0. The van der Waals surface area contributed by atoms with Crippen LogP contribution in [0, 0.1) is 0 Å². The van der Waals surface area contributed by atoms with Gasteiger partial charge in [0.1, 0.15) is 12.4 Å². The lowest BCUT2D eigenvalue weighted by atomic mass is 10.0. The van der Waals surface area contributed by atoms with Crippen LogP contribution in [0.1, 0.15) is 31.4 Å². The molecule has 0 unspecified atom stereocenters. The van der Waals surface area contributed by atoms with Crippen molar-refractivity contribution < 1.29 is 14.3 Å². The second-order valence-electron chi connectivity index (χ2n) is 4.35. The Balaban J connectivity index is 2.56. The van der Waals surface area contributed by atoms with E-state index in [4.69, 9.17) is 10.3 Å². The maximum atomic E-state index is 11.7. The van der Waals surface area contributed by atoms with E-state index >= 15 is 0 Å². The van der Waals surface area contributed by atoms with E-state index in [1.807, 2.05) is 12.1 Å². The third-order valence-corrected chi connectivity index (χ3v) is 2.78. The minimum atomic E-state index is -0.662. The molecule has 106 valence electrons. The molecule has 0 aliphatic rings. The first-order valence-corrected chi connectivity index (χ1v) is 6.37. The lowest BCUT2D eigenvalue weighted by Gasteiger charge is -2.06. The van der Waals surface area contributed by atoms with Crippen LogP contribution in [-0.4, -0.2) is 17.8 Å². The van der Waals surface area contributed by atoms with Gasteiger partial charge in [0.2, 0.25) is 0 Å². The van der Waals surface area contributed by atoms with Gasteiger partial charge in [-0.25, -0.2) is 0 Å². The van der Waals surface area contributed by atoms with Gasteiger partial charge in [0, 0.05) is 17.8 Å². The minimum Gasteiger partial charge on any atom is -0.461 e. The Bertz CT molecular complexity index is 519. The second kappa shape index (κ2) is 7.96. The van der Waals surface area contributed by atoms with E-state index in [2.05, 4.69) is 10.0 Å². The van der Waals surface area contributed by atoms with Crippen LogP contribution < -0.4 is 0 Å². The molecule has 0 amide bonds. The number of hydrogen-bond donors (Lipinski definition) is 0. The van der Waals surface area contributed by atoms with E-state index < -0.39 is 6.04 Å². The van der Waals surface area contributed by atoms with Crippen molar-refractivity contribution in [3.8, 4) is 0 Å². The molecule has 0 spiro atoms. The summed E-state index contributed by atoms with van der Waals surface area (Å²) in [5, 5.41) is 3.37. The number of carbonyl (C=O) groups excluding carboxylic acids is 2. The first-order chi connectivity index (χ1) is 9.56. The van der Waals surface area contributed by atoms with E-state index in [1.165, 1.54) is 0 Å². The summed E-state index contributed by atoms with van der Waals surface area (Å²) in [5.41, 5.74) is 9.98. The Morgan fingerprint density at radius 2 is 1.90 bits per heavy atom. The molecule has 1 aromatic rings. The van der Waals surface area contributed by atoms with E-state index in [0.29, 0.717) is 6.42 Å². The predicted octanol–water partition coefficient (Wildman–Crippen LogP) is 2.95. The van der Waals surface area contributed by atoms with Crippen molar-refractivity contribution in [2.24, 2.45) is 5.11 Å². The average Bonchev–Trinajstić information content (AvgIpc) is 2.46. The number of carbonyl (C=O) groups is 2. The molecule has 0 radical (unpaired) electrons. The molecular weight excluding hydrogens is 258 g/mol. The Labute approximate surface area is 117 Å². The van der Waals surface area contributed by atoms with E-state index in [0.717, 1.165) is 11.1 Å². The first kappa shape index (κ1) is 15.7. The molecule has 0 aliphatic heterocycles. The third-order valence-electron chi connectivity index (χ3n) is 2.78. The fourth-order valence-corrected chi connectivity index (χ4v) is 1.51. The largest absolute Gasteiger partial charge is 0.461 e. The van der Waals surface area contributed by atoms with Crippen LogP contribution in [0.2, 0.25) is 0 Å². The molecule has 0 saturated heterocycles. The summed E-state index contributed by atoms with van der Waals surface area (Å²) < 4.78 is 5.01. The van der Waals surface area contributed by atoms with E-state index in [-0.39, 0.29) is 24.8 Å². The molecule has 6 nitrogen and oxygen atoms in total. The second-order valence-corrected chi connectivity index (χ2v) is 4.35. The molecule has 0 bridgehead atoms. The van der Waals surface area contributed by atoms with Gasteiger partial charge in [-0.3, -0.25) is 9.59 Å². The molecule has 0 N–H and O–H groups in total. The summed E-state index contributed by atoms with van der Waals surface area (Å²) in [6, 6.07) is 6.56. The number of azide groups is 1. The highest BCUT2D eigenvalue weighted by molar-refractivity contribution is 5.85. The Hall–Kier alpha value is -2.33. The molecule has 0 aliphatic carbocycles. The normalized spacial score (nSPS) is 11.3. The summed E-state index contributed by atoms with van der Waals surface area (Å²) in [5.74, 6) is -0.375. The molecule has 0 heterocycles. The Morgan fingerprint density at radius 3 is 2.45 bits per heavy atom. The van der Waals surface area contributed by atoms with Crippen LogP contribution in [0.4, 0.5) is 0 Å². The SMILES string of the molecule is CCC(=O)OCc1ccc(CC(=O)[C@H](C)N=[N+]=[N-])cc1. The monoisotopic (exact) mass is 275 g/mol. The van der Waals surface area contributed by atoms with Gasteiger partial charge in [-0.05, 0) is 23.6 Å². The van der Waals surface area contributed by atoms with Crippen molar-refractivity contribution in [2.75, 3.05) is 0 Å². The zero-order chi connectivity index (χ0) is 15.0. The average molecular weight is 275 g/mol.